The third-order valence-corrected chi connectivity index (χ3v) is 7.33. The topological polar surface area (TPSA) is 59.4 Å². The van der Waals surface area contributed by atoms with Gasteiger partial charge in [-0.3, -0.25) is 9.78 Å². The summed E-state index contributed by atoms with van der Waals surface area (Å²) < 4.78 is 6.93. The zero-order valence-corrected chi connectivity index (χ0v) is 21.5. The molecule has 0 radical (unpaired) electrons. The second-order valence-corrected chi connectivity index (χ2v) is 9.41. The summed E-state index contributed by atoms with van der Waals surface area (Å²) in [6.07, 6.45) is 2.73. The molecule has 178 valence electrons. The molecule has 1 N–H and O–H groups in total. The van der Waals surface area contributed by atoms with Crippen molar-refractivity contribution in [3.8, 4) is 5.69 Å². The molecule has 0 saturated carbocycles. The Labute approximate surface area is 214 Å². The molecule has 0 aliphatic carbocycles. The number of methoxy groups -OCH3 is 1. The average Bonchev–Trinajstić information content (AvgIpc) is 3.31. The standard InChI is InChI=1S/C25H26Cl2N4O2S/c1-15-14-17(16(2)31(15)20-10-6-8-18(26)22(20)27)24-23(19-9-4-5-12-28-19)29-25(34)30(24)13-7-11-21(32)33-3/h4-6,8-10,12,14,23-24H,7,11,13H2,1-3H3,(H,29,34). The molecular formula is C25H26Cl2N4O2S. The lowest BCUT2D eigenvalue weighted by Gasteiger charge is -2.28. The number of hydrogen-bond acceptors (Lipinski definition) is 4. The largest absolute Gasteiger partial charge is 0.469 e. The Hall–Kier alpha value is -2.61. The van der Waals surface area contributed by atoms with Gasteiger partial charge in [0.2, 0.25) is 0 Å². The lowest BCUT2D eigenvalue weighted by atomic mass is 9.96. The number of nitrogens with zero attached hydrogens (tertiary/aromatic N) is 3. The van der Waals surface area contributed by atoms with Gasteiger partial charge in [-0.05, 0) is 68.4 Å². The van der Waals surface area contributed by atoms with Gasteiger partial charge in [0.25, 0.3) is 0 Å². The van der Waals surface area contributed by atoms with Crippen molar-refractivity contribution in [2.24, 2.45) is 0 Å². The summed E-state index contributed by atoms with van der Waals surface area (Å²) >= 11 is 18.6. The van der Waals surface area contributed by atoms with Crippen molar-refractivity contribution in [3.05, 3.63) is 81.4 Å². The molecule has 0 bridgehead atoms. The molecule has 9 heteroatoms. The van der Waals surface area contributed by atoms with E-state index in [1.54, 1.807) is 12.3 Å². The minimum atomic E-state index is -0.232. The van der Waals surface area contributed by atoms with E-state index in [0.717, 1.165) is 28.3 Å². The maximum Gasteiger partial charge on any atom is 0.305 e. The molecule has 0 spiro atoms. The Balaban J connectivity index is 1.78. The fourth-order valence-electron chi connectivity index (χ4n) is 4.60. The first-order valence-corrected chi connectivity index (χ1v) is 12.2. The van der Waals surface area contributed by atoms with Gasteiger partial charge in [-0.1, -0.05) is 35.3 Å². The van der Waals surface area contributed by atoms with E-state index in [4.69, 9.17) is 40.2 Å². The van der Waals surface area contributed by atoms with Crippen LogP contribution in [-0.4, -0.2) is 39.2 Å². The quantitative estimate of drug-likeness (QED) is 0.320. The van der Waals surface area contributed by atoms with Gasteiger partial charge in [-0.25, -0.2) is 0 Å². The van der Waals surface area contributed by atoms with Crippen molar-refractivity contribution in [1.29, 1.82) is 0 Å². The highest BCUT2D eigenvalue weighted by molar-refractivity contribution is 7.80. The van der Waals surface area contributed by atoms with Crippen molar-refractivity contribution in [1.82, 2.24) is 19.8 Å². The van der Waals surface area contributed by atoms with Crippen LogP contribution in [0.2, 0.25) is 10.0 Å². The summed E-state index contributed by atoms with van der Waals surface area (Å²) in [7, 11) is 1.40. The fourth-order valence-corrected chi connectivity index (χ4v) is 5.32. The van der Waals surface area contributed by atoms with Gasteiger partial charge in [0, 0.05) is 30.6 Å². The van der Waals surface area contributed by atoms with Crippen LogP contribution in [0.15, 0.2) is 48.7 Å². The normalized spacial score (nSPS) is 17.7. The molecule has 0 amide bonds. The van der Waals surface area contributed by atoms with Crippen molar-refractivity contribution < 1.29 is 9.53 Å². The first kappa shape index (κ1) is 24.5. The third-order valence-electron chi connectivity index (χ3n) is 6.17. The highest BCUT2D eigenvalue weighted by Gasteiger charge is 2.41. The molecular weight excluding hydrogens is 491 g/mol. The van der Waals surface area contributed by atoms with Crippen molar-refractivity contribution in [2.45, 2.75) is 38.8 Å². The summed E-state index contributed by atoms with van der Waals surface area (Å²) in [4.78, 5) is 18.4. The molecule has 2 atom stereocenters. The maximum absolute atomic E-state index is 11.7. The minimum Gasteiger partial charge on any atom is -0.469 e. The minimum absolute atomic E-state index is 0.113. The molecule has 3 heterocycles. The Morgan fingerprint density at radius 2 is 2.00 bits per heavy atom. The monoisotopic (exact) mass is 516 g/mol. The number of ether oxygens (including phenoxy) is 1. The molecule has 1 aliphatic rings. The highest BCUT2D eigenvalue weighted by atomic mass is 35.5. The summed E-state index contributed by atoms with van der Waals surface area (Å²) in [6.45, 7) is 4.73. The molecule has 3 aromatic rings. The molecule has 4 rings (SSSR count). The van der Waals surface area contributed by atoms with Crippen molar-refractivity contribution in [3.63, 3.8) is 0 Å². The fraction of sp³-hybridized carbons (Fsp3) is 0.320. The third kappa shape index (κ3) is 4.65. The SMILES string of the molecule is COC(=O)CCCN1C(=S)NC(c2ccccn2)C1c1cc(C)n(-c2cccc(Cl)c2Cl)c1C. The summed E-state index contributed by atoms with van der Waals surface area (Å²) in [5.41, 5.74) is 4.90. The number of halogens is 2. The van der Waals surface area contributed by atoms with E-state index < -0.39 is 0 Å². The van der Waals surface area contributed by atoms with Crippen molar-refractivity contribution in [2.75, 3.05) is 13.7 Å². The predicted octanol–water partition coefficient (Wildman–Crippen LogP) is 5.72. The van der Waals surface area contributed by atoms with E-state index >= 15 is 0 Å². The second kappa shape index (κ2) is 10.3. The van der Waals surface area contributed by atoms with Gasteiger partial charge >= 0.3 is 5.97 Å². The zero-order chi connectivity index (χ0) is 24.4. The van der Waals surface area contributed by atoms with Gasteiger partial charge in [0.05, 0.1) is 40.6 Å². The molecule has 1 aromatic carbocycles. The van der Waals surface area contributed by atoms with Crippen LogP contribution in [0, 0.1) is 13.8 Å². The van der Waals surface area contributed by atoms with Crippen LogP contribution >= 0.6 is 35.4 Å². The number of thiocarbonyl (C=S) groups is 1. The lowest BCUT2D eigenvalue weighted by Crippen LogP contribution is -2.31. The van der Waals surface area contributed by atoms with Gasteiger partial charge in [-0.2, -0.15) is 0 Å². The van der Waals surface area contributed by atoms with Gasteiger partial charge in [-0.15, -0.1) is 0 Å². The van der Waals surface area contributed by atoms with E-state index in [1.165, 1.54) is 7.11 Å². The number of nitrogens with one attached hydrogen (secondary N) is 1. The Morgan fingerprint density at radius 3 is 2.71 bits per heavy atom. The highest BCUT2D eigenvalue weighted by Crippen LogP contribution is 2.42. The first-order valence-electron chi connectivity index (χ1n) is 11.0. The number of aromatic nitrogens is 2. The van der Waals surface area contributed by atoms with Crippen LogP contribution < -0.4 is 5.32 Å². The Kier molecular flexibility index (Phi) is 7.45. The van der Waals surface area contributed by atoms with Crippen LogP contribution in [0.5, 0.6) is 0 Å². The van der Waals surface area contributed by atoms with E-state index in [0.29, 0.717) is 34.5 Å². The molecule has 2 aromatic heterocycles. The van der Waals surface area contributed by atoms with Gasteiger partial charge in [0.15, 0.2) is 5.11 Å². The van der Waals surface area contributed by atoms with Crippen LogP contribution in [-0.2, 0) is 9.53 Å². The van der Waals surface area contributed by atoms with E-state index in [-0.39, 0.29) is 18.1 Å². The number of carbonyl (C=O) groups is 1. The number of hydrogen-bond donors (Lipinski definition) is 1. The summed E-state index contributed by atoms with van der Waals surface area (Å²) in [6, 6.07) is 13.4. The van der Waals surface area contributed by atoms with Crippen molar-refractivity contribution >= 4 is 46.5 Å². The van der Waals surface area contributed by atoms with E-state index in [9.17, 15) is 4.79 Å². The number of esters is 1. The number of carbonyl (C=O) groups excluding carboxylic acids is 1. The van der Waals surface area contributed by atoms with Crippen LogP contribution in [0.4, 0.5) is 0 Å². The zero-order valence-electron chi connectivity index (χ0n) is 19.2. The van der Waals surface area contributed by atoms with Crippen LogP contribution in [0.1, 0.15) is 47.6 Å². The predicted molar refractivity (Wildman–Crippen MR) is 139 cm³/mol. The number of rotatable bonds is 7. The summed E-state index contributed by atoms with van der Waals surface area (Å²) in [5.74, 6) is -0.232. The number of benzene rings is 1. The van der Waals surface area contributed by atoms with Crippen LogP contribution in [0.25, 0.3) is 5.69 Å². The van der Waals surface area contributed by atoms with Crippen LogP contribution in [0.3, 0.4) is 0 Å². The molecule has 1 aliphatic heterocycles. The molecule has 2 unspecified atom stereocenters. The second-order valence-electron chi connectivity index (χ2n) is 8.23. The Morgan fingerprint density at radius 1 is 1.21 bits per heavy atom. The molecule has 1 saturated heterocycles. The molecule has 34 heavy (non-hydrogen) atoms. The first-order chi connectivity index (χ1) is 16.3. The van der Waals surface area contributed by atoms with E-state index in [2.05, 4.69) is 32.8 Å². The Bertz CT molecular complexity index is 1220. The number of aryl methyl sites for hydroxylation is 1. The van der Waals surface area contributed by atoms with Gasteiger partial charge in [0.1, 0.15) is 0 Å². The smallest absolute Gasteiger partial charge is 0.305 e. The maximum atomic E-state index is 11.7. The number of pyridine rings is 1. The molecule has 1 fully saturated rings. The summed E-state index contributed by atoms with van der Waals surface area (Å²) in [5, 5.41) is 5.11. The average molecular weight is 517 g/mol. The lowest BCUT2D eigenvalue weighted by molar-refractivity contribution is -0.140. The molecule has 6 nitrogen and oxygen atoms in total. The van der Waals surface area contributed by atoms with Gasteiger partial charge < -0.3 is 19.5 Å². The van der Waals surface area contributed by atoms with E-state index in [1.807, 2.05) is 37.3 Å².